The van der Waals surface area contributed by atoms with E-state index in [4.69, 9.17) is 0 Å². The first kappa shape index (κ1) is 18.8. The van der Waals surface area contributed by atoms with Gasteiger partial charge in [-0.05, 0) is 40.2 Å². The molecule has 24 heavy (non-hydrogen) atoms. The van der Waals surface area contributed by atoms with Crippen LogP contribution in [0, 0.1) is 5.92 Å². The minimum absolute atomic E-state index is 0.136. The van der Waals surface area contributed by atoms with Crippen LogP contribution in [-0.4, -0.2) is 11.9 Å². The van der Waals surface area contributed by atoms with Crippen molar-refractivity contribution in [3.8, 4) is 0 Å². The van der Waals surface area contributed by atoms with Crippen LogP contribution >= 0.6 is 0 Å². The summed E-state index contributed by atoms with van der Waals surface area (Å²) in [4.78, 5) is 0. The molecule has 2 unspecified atom stereocenters. The second-order valence-electron chi connectivity index (χ2n) is 8.08. The lowest BCUT2D eigenvalue weighted by Crippen LogP contribution is -2.37. The lowest BCUT2D eigenvalue weighted by Gasteiger charge is -2.25. The monoisotopic (exact) mass is 322 g/mol. The first-order valence-electron chi connectivity index (χ1n) is 9.16. The van der Waals surface area contributed by atoms with Crippen molar-refractivity contribution in [3.63, 3.8) is 0 Å². The van der Waals surface area contributed by atoms with Crippen LogP contribution in [0.2, 0.25) is 0 Å². The van der Waals surface area contributed by atoms with Gasteiger partial charge >= 0.3 is 6.92 Å². The Morgan fingerprint density at radius 3 is 2.04 bits per heavy atom. The summed E-state index contributed by atoms with van der Waals surface area (Å²) >= 11 is 0. The topological polar surface area (TPSA) is 20.2 Å². The van der Waals surface area contributed by atoms with Crippen molar-refractivity contribution >= 4 is 12.4 Å². The first-order chi connectivity index (χ1) is 11.3. The molecule has 2 rings (SSSR count). The van der Waals surface area contributed by atoms with Crippen LogP contribution in [0.15, 0.2) is 54.6 Å². The van der Waals surface area contributed by atoms with Crippen LogP contribution in [-0.2, 0) is 5.41 Å². The van der Waals surface area contributed by atoms with E-state index in [9.17, 15) is 5.02 Å². The van der Waals surface area contributed by atoms with Crippen molar-refractivity contribution in [2.75, 3.05) is 0 Å². The molecule has 2 aromatic rings. The molecule has 0 fully saturated rings. The first-order valence-corrected chi connectivity index (χ1v) is 9.16. The fourth-order valence-electron chi connectivity index (χ4n) is 3.16. The smallest absolute Gasteiger partial charge is 0.331 e. The molecule has 1 nitrogen and oxygen atoms in total. The Hall–Kier alpha value is -1.54. The van der Waals surface area contributed by atoms with Crippen LogP contribution in [0.4, 0.5) is 0 Å². The van der Waals surface area contributed by atoms with Gasteiger partial charge in [0.2, 0.25) is 0 Å². The van der Waals surface area contributed by atoms with Crippen LogP contribution in [0.3, 0.4) is 0 Å². The molecule has 1 N–H and O–H groups in total. The molecule has 0 bridgehead atoms. The Kier molecular flexibility index (Phi) is 6.29. The maximum absolute atomic E-state index is 11.0. The molecule has 0 aliphatic heterocycles. The van der Waals surface area contributed by atoms with Crippen LogP contribution in [0.1, 0.15) is 64.4 Å². The fourth-order valence-corrected chi connectivity index (χ4v) is 3.16. The van der Waals surface area contributed by atoms with E-state index < -0.39 is 6.92 Å². The predicted octanol–water partition coefficient (Wildman–Crippen LogP) is 4.93. The number of hydrogen-bond donors (Lipinski definition) is 1. The average molecular weight is 322 g/mol. The zero-order valence-corrected chi connectivity index (χ0v) is 15.8. The maximum Gasteiger partial charge on any atom is 0.331 e. The second kappa shape index (κ2) is 8.03. The van der Waals surface area contributed by atoms with Gasteiger partial charge in [-0.25, -0.2) is 0 Å². The van der Waals surface area contributed by atoms with Gasteiger partial charge in [0.05, 0.1) is 0 Å². The Balaban J connectivity index is 2.32. The van der Waals surface area contributed by atoms with E-state index in [1.54, 1.807) is 0 Å². The van der Waals surface area contributed by atoms with Crippen molar-refractivity contribution in [1.29, 1.82) is 0 Å². The molecule has 0 saturated carbocycles. The number of benzene rings is 2. The summed E-state index contributed by atoms with van der Waals surface area (Å²) in [6, 6.07) is 18.9. The summed E-state index contributed by atoms with van der Waals surface area (Å²) in [5, 5.41) is 11.0. The van der Waals surface area contributed by atoms with Gasteiger partial charge in [-0.1, -0.05) is 95.6 Å². The van der Waals surface area contributed by atoms with E-state index >= 15 is 0 Å². The molecule has 2 atom stereocenters. The minimum atomic E-state index is -0.458. The van der Waals surface area contributed by atoms with Crippen molar-refractivity contribution in [2.24, 2.45) is 5.92 Å². The van der Waals surface area contributed by atoms with E-state index in [1.165, 1.54) is 11.1 Å². The molecule has 0 radical (unpaired) electrons. The van der Waals surface area contributed by atoms with Gasteiger partial charge in [-0.3, -0.25) is 0 Å². The predicted molar refractivity (Wildman–Crippen MR) is 106 cm³/mol. The summed E-state index contributed by atoms with van der Waals surface area (Å²) in [5.41, 5.74) is 3.73. The van der Waals surface area contributed by atoms with E-state index in [0.29, 0.717) is 5.92 Å². The third-order valence-electron chi connectivity index (χ3n) is 5.08. The van der Waals surface area contributed by atoms with E-state index in [1.807, 2.05) is 30.3 Å². The largest absolute Gasteiger partial charge is 0.446 e. The lowest BCUT2D eigenvalue weighted by atomic mass is 9.48. The van der Waals surface area contributed by atoms with Crippen molar-refractivity contribution in [3.05, 3.63) is 65.7 Å². The molecule has 0 spiro atoms. The molecule has 0 heterocycles. The van der Waals surface area contributed by atoms with Crippen LogP contribution < -0.4 is 5.46 Å². The lowest BCUT2D eigenvalue weighted by molar-refractivity contribution is 0.473. The summed E-state index contributed by atoms with van der Waals surface area (Å²) in [6.07, 6.45) is 2.14. The summed E-state index contributed by atoms with van der Waals surface area (Å²) < 4.78 is 0. The van der Waals surface area contributed by atoms with Gasteiger partial charge in [0.1, 0.15) is 0 Å². The molecular formula is C22H31BO. The van der Waals surface area contributed by atoms with Gasteiger partial charge < -0.3 is 5.02 Å². The number of hydrogen-bond acceptors (Lipinski definition) is 1. The highest BCUT2D eigenvalue weighted by molar-refractivity contribution is 6.67. The fraction of sp³-hybridized carbons (Fsp3) is 0.455. The zero-order chi connectivity index (χ0) is 17.7. The summed E-state index contributed by atoms with van der Waals surface area (Å²) in [7, 11) is 0. The Bertz CT molecular complexity index is 613. The zero-order valence-electron chi connectivity index (χ0n) is 15.8. The third-order valence-corrected chi connectivity index (χ3v) is 5.08. The SMILES string of the molecule is CCC(C)CC(B(O)c1ccccc1)c1ccc(C(C)(C)C)cc1. The van der Waals surface area contributed by atoms with Crippen LogP contribution in [0.25, 0.3) is 0 Å². The number of rotatable bonds is 6. The highest BCUT2D eigenvalue weighted by atomic mass is 16.2. The Morgan fingerprint density at radius 2 is 1.54 bits per heavy atom. The average Bonchev–Trinajstić information content (AvgIpc) is 2.59. The molecular weight excluding hydrogens is 291 g/mol. The van der Waals surface area contributed by atoms with Gasteiger partial charge in [-0.15, -0.1) is 0 Å². The van der Waals surface area contributed by atoms with E-state index in [-0.39, 0.29) is 11.2 Å². The van der Waals surface area contributed by atoms with Gasteiger partial charge in [0.25, 0.3) is 0 Å². The highest BCUT2D eigenvalue weighted by Crippen LogP contribution is 2.29. The molecule has 2 heteroatoms. The van der Waals surface area contributed by atoms with Crippen LogP contribution in [0.5, 0.6) is 0 Å². The van der Waals surface area contributed by atoms with Crippen molar-refractivity contribution < 1.29 is 5.02 Å². The Morgan fingerprint density at radius 1 is 0.958 bits per heavy atom. The second-order valence-corrected chi connectivity index (χ2v) is 8.08. The molecule has 0 aliphatic rings. The van der Waals surface area contributed by atoms with E-state index in [2.05, 4.69) is 58.9 Å². The Labute approximate surface area is 148 Å². The molecule has 128 valence electrons. The van der Waals surface area contributed by atoms with E-state index in [0.717, 1.165) is 18.3 Å². The van der Waals surface area contributed by atoms with Crippen molar-refractivity contribution in [1.82, 2.24) is 0 Å². The molecule has 2 aromatic carbocycles. The summed E-state index contributed by atoms with van der Waals surface area (Å²) in [5.74, 6) is 0.729. The molecule has 0 aliphatic carbocycles. The van der Waals surface area contributed by atoms with Gasteiger partial charge in [0, 0.05) is 0 Å². The maximum atomic E-state index is 11.0. The third kappa shape index (κ3) is 4.74. The molecule has 0 amide bonds. The van der Waals surface area contributed by atoms with Crippen molar-refractivity contribution in [2.45, 2.75) is 58.7 Å². The quantitative estimate of drug-likeness (QED) is 0.747. The van der Waals surface area contributed by atoms with Gasteiger partial charge in [-0.2, -0.15) is 0 Å². The molecule has 0 aromatic heterocycles. The molecule has 0 saturated heterocycles. The summed E-state index contributed by atoms with van der Waals surface area (Å²) in [6.45, 7) is 10.7. The standard InChI is InChI=1S/C22H31BO/c1-6-17(2)16-21(23(24)20-10-8-7-9-11-20)18-12-14-19(15-13-18)22(3,4)5/h7-15,17,21,24H,6,16H2,1-5H3. The minimum Gasteiger partial charge on any atom is -0.446 e. The van der Waals surface area contributed by atoms with Gasteiger partial charge in [0.15, 0.2) is 0 Å². The normalized spacial score (nSPS) is 14.2. The highest BCUT2D eigenvalue weighted by Gasteiger charge is 2.29.